The monoisotopic (exact) mass is 421 g/mol. The molecule has 2 rings (SSSR count). The summed E-state index contributed by atoms with van der Waals surface area (Å²) < 4.78 is 6.74. The Bertz CT molecular complexity index is 810. The van der Waals surface area contributed by atoms with Gasteiger partial charge < -0.3 is 19.5 Å². The van der Waals surface area contributed by atoms with E-state index in [-0.39, 0.29) is 0 Å². The number of fused-ring (bicyclic) bond motifs is 1. The Morgan fingerprint density at radius 1 is 1.08 bits per heavy atom. The topological polar surface area (TPSA) is 65.8 Å². The Hall–Kier alpha value is -2.38. The molecule has 2 aromatic rings. The second kappa shape index (κ2) is 10.6. The average Bonchev–Trinajstić information content (AvgIpc) is 2.95. The van der Waals surface area contributed by atoms with E-state index in [1.165, 1.54) is 6.08 Å². The first-order valence-electron chi connectivity index (χ1n) is 7.89. The number of furan rings is 1. The zero-order chi connectivity index (χ0) is 19.7. The molecule has 0 saturated carbocycles. The molecule has 140 valence electrons. The number of allylic oxidation sites excluding steroid dienone is 3. The molecule has 1 heterocycles. The number of aldehydes is 2. The van der Waals surface area contributed by atoms with Gasteiger partial charge in [0.1, 0.15) is 11.9 Å². The van der Waals surface area contributed by atoms with E-state index < -0.39 is 0 Å². The molecular weight excluding hydrogens is 398 g/mol. The molecule has 6 nitrogen and oxygen atoms in total. The summed E-state index contributed by atoms with van der Waals surface area (Å²) >= 11 is 3.52. The maximum absolute atomic E-state index is 11.5. The van der Waals surface area contributed by atoms with Gasteiger partial charge >= 0.3 is 0 Å². The average molecular weight is 422 g/mol. The van der Waals surface area contributed by atoms with Crippen molar-refractivity contribution in [2.75, 3.05) is 45.0 Å². The van der Waals surface area contributed by atoms with Gasteiger partial charge in [-0.05, 0) is 48.2 Å². The molecule has 0 saturated heterocycles. The number of hydrogen-bond acceptors (Lipinski definition) is 6. The van der Waals surface area contributed by atoms with E-state index in [9.17, 15) is 9.59 Å². The van der Waals surface area contributed by atoms with Gasteiger partial charge in [0.2, 0.25) is 5.88 Å². The number of nitrogens with zero attached hydrogens (tertiary/aromatic N) is 2. The third-order valence-electron chi connectivity index (χ3n) is 3.31. The molecule has 26 heavy (non-hydrogen) atoms. The van der Waals surface area contributed by atoms with E-state index in [0.717, 1.165) is 21.8 Å². The Morgan fingerprint density at radius 2 is 1.73 bits per heavy atom. The Kier molecular flexibility index (Phi) is 8.81. The van der Waals surface area contributed by atoms with Crippen LogP contribution in [0.1, 0.15) is 10.4 Å². The van der Waals surface area contributed by atoms with Gasteiger partial charge in [-0.15, -0.1) is 0 Å². The number of anilines is 2. The van der Waals surface area contributed by atoms with Crippen molar-refractivity contribution in [1.29, 1.82) is 0 Å². The summed E-state index contributed by atoms with van der Waals surface area (Å²) in [5.41, 5.74) is 2.08. The van der Waals surface area contributed by atoms with Crippen molar-refractivity contribution in [2.24, 2.45) is 0 Å². The van der Waals surface area contributed by atoms with Crippen molar-refractivity contribution in [2.45, 2.75) is 0 Å². The van der Waals surface area contributed by atoms with Gasteiger partial charge in [-0.2, -0.15) is 0 Å². The Labute approximate surface area is 162 Å². The highest BCUT2D eigenvalue weighted by atomic mass is 79.9. The van der Waals surface area contributed by atoms with Crippen molar-refractivity contribution < 1.29 is 14.0 Å². The first-order valence-corrected chi connectivity index (χ1v) is 8.69. The molecule has 1 aromatic carbocycles. The van der Waals surface area contributed by atoms with E-state index in [0.29, 0.717) is 23.3 Å². The number of carbonyl (C=O) groups excluding carboxylic acids is 2. The quantitative estimate of drug-likeness (QED) is 0.436. The predicted octanol–water partition coefficient (Wildman–Crippen LogP) is 3.61. The van der Waals surface area contributed by atoms with Crippen LogP contribution in [0.4, 0.5) is 11.6 Å². The van der Waals surface area contributed by atoms with Crippen LogP contribution in [-0.4, -0.2) is 47.8 Å². The highest BCUT2D eigenvalue weighted by Gasteiger charge is 2.18. The Balaban J connectivity index is 0.00000105. The smallest absolute Gasteiger partial charge is 0.211 e. The summed E-state index contributed by atoms with van der Waals surface area (Å²) in [5.74, 6) is 0.452. The van der Waals surface area contributed by atoms with Crippen molar-refractivity contribution in [1.82, 2.24) is 5.32 Å². The highest BCUT2D eigenvalue weighted by Crippen LogP contribution is 2.37. The summed E-state index contributed by atoms with van der Waals surface area (Å²) in [4.78, 5) is 25.4. The van der Waals surface area contributed by atoms with Crippen molar-refractivity contribution in [3.8, 4) is 0 Å². The fourth-order valence-corrected chi connectivity index (χ4v) is 2.88. The van der Waals surface area contributed by atoms with Crippen LogP contribution >= 0.6 is 15.9 Å². The van der Waals surface area contributed by atoms with Crippen molar-refractivity contribution in [3.05, 3.63) is 46.6 Å². The summed E-state index contributed by atoms with van der Waals surface area (Å²) in [6, 6.07) is 3.77. The maximum Gasteiger partial charge on any atom is 0.211 e. The predicted molar refractivity (Wildman–Crippen MR) is 111 cm³/mol. The number of rotatable bonds is 6. The number of halogens is 1. The Morgan fingerprint density at radius 3 is 2.27 bits per heavy atom. The second-order valence-corrected chi connectivity index (χ2v) is 6.46. The third-order valence-corrected chi connectivity index (χ3v) is 3.94. The molecule has 1 N–H and O–H groups in total. The van der Waals surface area contributed by atoms with Gasteiger partial charge in [-0.25, -0.2) is 0 Å². The normalized spacial score (nSPS) is 10.8. The molecule has 0 radical (unpaired) electrons. The fraction of sp³-hybridized carbons (Fsp3) is 0.263. The van der Waals surface area contributed by atoms with Crippen molar-refractivity contribution in [3.63, 3.8) is 0 Å². The zero-order valence-electron chi connectivity index (χ0n) is 15.6. The van der Waals surface area contributed by atoms with Crippen LogP contribution in [0.2, 0.25) is 0 Å². The molecule has 1 aromatic heterocycles. The lowest BCUT2D eigenvalue weighted by Gasteiger charge is -2.14. The second-order valence-electron chi connectivity index (χ2n) is 5.61. The third kappa shape index (κ3) is 5.31. The highest BCUT2D eigenvalue weighted by molar-refractivity contribution is 9.10. The minimum atomic E-state index is 0.452. The maximum atomic E-state index is 11.5. The van der Waals surface area contributed by atoms with Crippen LogP contribution in [0.5, 0.6) is 0 Å². The van der Waals surface area contributed by atoms with Gasteiger partial charge in [0.25, 0.3) is 0 Å². The number of nitrogens with one attached hydrogen (secondary N) is 1. The molecule has 0 bridgehead atoms. The van der Waals surface area contributed by atoms with E-state index in [2.05, 4.69) is 21.2 Å². The van der Waals surface area contributed by atoms with Crippen LogP contribution in [0, 0.1) is 0 Å². The van der Waals surface area contributed by atoms with Gasteiger partial charge in [-0.3, -0.25) is 9.59 Å². The van der Waals surface area contributed by atoms with Crippen LogP contribution in [0.3, 0.4) is 0 Å². The van der Waals surface area contributed by atoms with Gasteiger partial charge in [0.15, 0.2) is 6.29 Å². The van der Waals surface area contributed by atoms with Gasteiger partial charge in [-0.1, -0.05) is 6.08 Å². The van der Waals surface area contributed by atoms with E-state index in [4.69, 9.17) is 4.42 Å². The lowest BCUT2D eigenvalue weighted by atomic mass is 10.1. The van der Waals surface area contributed by atoms with E-state index in [1.54, 1.807) is 30.3 Å². The largest absolute Gasteiger partial charge is 0.439 e. The number of benzene rings is 1. The summed E-state index contributed by atoms with van der Waals surface area (Å²) in [5, 5.41) is 3.50. The molecule has 0 amide bonds. The minimum absolute atomic E-state index is 0.452. The standard InChI is InChI=1S/C17H17BrN2O3.C2H7N/c1-19(2)15-10-16-12(9-14(15)18)13(11-22)17(23-16)20(3)7-5-4-6-8-21;1-3-2/h4-11H,1-3H3;3H,1-2H3/b6-4-,7-5-;. The first kappa shape index (κ1) is 21.7. The SMILES string of the molecule is CN(C)c1cc2oc(N(C)/C=C\C=C/C=O)c(C=O)c2cc1Br.CNC. The lowest BCUT2D eigenvalue weighted by Crippen LogP contribution is -2.09. The van der Waals surface area contributed by atoms with E-state index in [1.807, 2.05) is 45.2 Å². The van der Waals surface area contributed by atoms with Gasteiger partial charge in [0, 0.05) is 43.3 Å². The van der Waals surface area contributed by atoms with Crippen LogP contribution in [0.15, 0.2) is 45.5 Å². The summed E-state index contributed by atoms with van der Waals surface area (Å²) in [6.45, 7) is 0. The molecule has 0 aliphatic heterocycles. The molecule has 0 unspecified atom stereocenters. The minimum Gasteiger partial charge on any atom is -0.439 e. The van der Waals surface area contributed by atoms with Gasteiger partial charge in [0.05, 0.1) is 11.3 Å². The molecule has 0 spiro atoms. The van der Waals surface area contributed by atoms with Crippen molar-refractivity contribution >= 4 is 51.0 Å². The zero-order valence-corrected chi connectivity index (χ0v) is 17.2. The van der Waals surface area contributed by atoms with E-state index >= 15 is 0 Å². The summed E-state index contributed by atoms with van der Waals surface area (Å²) in [6.07, 6.45) is 7.87. The molecular formula is C19H24BrN3O3. The molecule has 0 fully saturated rings. The van der Waals surface area contributed by atoms with Crippen LogP contribution in [0.25, 0.3) is 11.0 Å². The van der Waals surface area contributed by atoms with Crippen LogP contribution < -0.4 is 15.1 Å². The fourth-order valence-electron chi connectivity index (χ4n) is 2.19. The first-order chi connectivity index (χ1) is 12.4. The molecule has 0 aliphatic rings. The van der Waals surface area contributed by atoms with Crippen LogP contribution in [-0.2, 0) is 4.79 Å². The number of carbonyl (C=O) groups is 2. The molecule has 0 aliphatic carbocycles. The molecule has 0 atom stereocenters. The molecule has 7 heteroatoms. The summed E-state index contributed by atoms with van der Waals surface area (Å²) in [7, 11) is 9.40. The lowest BCUT2D eigenvalue weighted by molar-refractivity contribution is -0.104. The number of hydrogen-bond donors (Lipinski definition) is 1.